The highest BCUT2D eigenvalue weighted by Gasteiger charge is 2.32. The van der Waals surface area contributed by atoms with Crippen LogP contribution in [0.1, 0.15) is 110 Å². The van der Waals surface area contributed by atoms with Gasteiger partial charge in [-0.15, -0.1) is 0 Å². The zero-order valence-corrected chi connectivity index (χ0v) is 21.5. The Labute approximate surface area is 209 Å². The van der Waals surface area contributed by atoms with Crippen LogP contribution in [0.4, 0.5) is 0 Å². The van der Waals surface area contributed by atoms with Gasteiger partial charge in [0.15, 0.2) is 11.8 Å². The Balaban J connectivity index is 2.43. The highest BCUT2D eigenvalue weighted by Crippen LogP contribution is 2.42. The van der Waals surface area contributed by atoms with Crippen molar-refractivity contribution in [2.75, 3.05) is 0 Å². The topological polar surface area (TPSA) is 149 Å². The Bertz CT molecular complexity index is 592. The van der Waals surface area contributed by atoms with E-state index in [1.165, 1.54) is 19.3 Å². The van der Waals surface area contributed by atoms with Gasteiger partial charge in [-0.2, -0.15) is 0 Å². The molecular formula is C27H46O8. The molecule has 202 valence electrons. The average Bonchev–Trinajstić information content (AvgIpc) is 2.89. The summed E-state index contributed by atoms with van der Waals surface area (Å²) in [6.07, 6.45) is 13.5. The molecule has 8 nitrogen and oxygen atoms in total. The van der Waals surface area contributed by atoms with Crippen molar-refractivity contribution in [3.8, 4) is 0 Å². The molecule has 0 heterocycles. The van der Waals surface area contributed by atoms with E-state index in [4.69, 9.17) is 20.4 Å². The number of rotatable bonds is 18. The number of carbonyl (C=O) groups is 4. The number of carboxylic acids is 4. The molecule has 1 aliphatic carbocycles. The van der Waals surface area contributed by atoms with Crippen LogP contribution in [0.3, 0.4) is 0 Å². The van der Waals surface area contributed by atoms with Gasteiger partial charge in [0.2, 0.25) is 0 Å². The lowest BCUT2D eigenvalue weighted by molar-refractivity contribution is -0.156. The van der Waals surface area contributed by atoms with Gasteiger partial charge in [0.25, 0.3) is 0 Å². The minimum absolute atomic E-state index is 0.184. The summed E-state index contributed by atoms with van der Waals surface area (Å²) in [5.41, 5.74) is 0. The molecule has 4 atom stereocenters. The number of unbranched alkanes of at least 4 members (excludes halogenated alkanes) is 6. The number of carboxylic acid groups (broad SMARTS) is 4. The molecule has 0 aromatic heterocycles. The second kappa shape index (κ2) is 16.5. The molecule has 0 aromatic carbocycles. The van der Waals surface area contributed by atoms with E-state index in [0.717, 1.165) is 51.4 Å². The van der Waals surface area contributed by atoms with E-state index < -0.39 is 35.7 Å². The summed E-state index contributed by atoms with van der Waals surface area (Å²) in [6.45, 7) is 4.72. The summed E-state index contributed by atoms with van der Waals surface area (Å²) >= 11 is 0. The molecule has 8 heteroatoms. The zero-order chi connectivity index (χ0) is 26.4. The van der Waals surface area contributed by atoms with Gasteiger partial charge in [-0.1, -0.05) is 84.5 Å². The van der Waals surface area contributed by atoms with Gasteiger partial charge in [-0.3, -0.25) is 19.2 Å². The molecule has 0 radical (unpaired) electrons. The van der Waals surface area contributed by atoms with Gasteiger partial charge in [-0.05, 0) is 49.4 Å². The smallest absolute Gasteiger partial charge is 0.317 e. The molecule has 1 saturated carbocycles. The van der Waals surface area contributed by atoms with E-state index in [-0.39, 0.29) is 12.8 Å². The van der Waals surface area contributed by atoms with Crippen molar-refractivity contribution in [2.24, 2.45) is 35.5 Å². The van der Waals surface area contributed by atoms with Crippen LogP contribution in [0.15, 0.2) is 0 Å². The molecule has 1 aliphatic rings. The van der Waals surface area contributed by atoms with Crippen molar-refractivity contribution >= 4 is 23.9 Å². The van der Waals surface area contributed by atoms with Crippen molar-refractivity contribution < 1.29 is 39.6 Å². The molecule has 4 unspecified atom stereocenters. The molecular weight excluding hydrogens is 452 g/mol. The van der Waals surface area contributed by atoms with E-state index in [9.17, 15) is 19.2 Å². The molecule has 0 spiro atoms. The first-order chi connectivity index (χ1) is 16.6. The molecule has 35 heavy (non-hydrogen) atoms. The maximum atomic E-state index is 11.0. The Kier molecular flexibility index (Phi) is 14.6. The fourth-order valence-corrected chi connectivity index (χ4v) is 5.90. The molecule has 0 saturated heterocycles. The van der Waals surface area contributed by atoms with E-state index in [2.05, 4.69) is 13.8 Å². The Hall–Kier alpha value is -2.12. The van der Waals surface area contributed by atoms with Gasteiger partial charge < -0.3 is 20.4 Å². The predicted molar refractivity (Wildman–Crippen MR) is 132 cm³/mol. The maximum absolute atomic E-state index is 11.0. The van der Waals surface area contributed by atoms with Crippen LogP contribution in [-0.2, 0) is 19.2 Å². The van der Waals surface area contributed by atoms with Crippen LogP contribution in [0, 0.1) is 35.5 Å². The lowest BCUT2D eigenvalue weighted by Crippen LogP contribution is -2.25. The molecule has 0 aromatic rings. The summed E-state index contributed by atoms with van der Waals surface area (Å²) < 4.78 is 0. The largest absolute Gasteiger partial charge is 0.481 e. The van der Waals surface area contributed by atoms with Crippen LogP contribution < -0.4 is 0 Å². The summed E-state index contributed by atoms with van der Waals surface area (Å²) in [5, 5.41) is 35.9. The van der Waals surface area contributed by atoms with Gasteiger partial charge in [0.1, 0.15) is 0 Å². The summed E-state index contributed by atoms with van der Waals surface area (Å²) in [6, 6.07) is 0. The van der Waals surface area contributed by atoms with Gasteiger partial charge in [0.05, 0.1) is 0 Å². The van der Waals surface area contributed by atoms with E-state index >= 15 is 0 Å². The number of hydrogen-bond donors (Lipinski definition) is 4. The Morgan fingerprint density at radius 1 is 0.571 bits per heavy atom. The lowest BCUT2D eigenvalue weighted by Gasteiger charge is -2.33. The average molecular weight is 499 g/mol. The van der Waals surface area contributed by atoms with Crippen LogP contribution in [0.5, 0.6) is 0 Å². The summed E-state index contributed by atoms with van der Waals surface area (Å²) in [5.74, 6) is -5.00. The Morgan fingerprint density at radius 2 is 0.886 bits per heavy atom. The SMILES string of the molecule is CC1CCCC(C)C(CCCCCCC(C(=O)O)C(=O)O)C1CCCCCCC(C(=O)O)C(=O)O. The maximum Gasteiger partial charge on any atom is 0.317 e. The lowest BCUT2D eigenvalue weighted by atomic mass is 9.72. The van der Waals surface area contributed by atoms with Crippen molar-refractivity contribution in [1.82, 2.24) is 0 Å². The first-order valence-corrected chi connectivity index (χ1v) is 13.5. The fourth-order valence-electron chi connectivity index (χ4n) is 5.90. The van der Waals surface area contributed by atoms with E-state index in [0.29, 0.717) is 36.5 Å². The standard InChI is InChI=1S/C27H46O8/c1-18-12-11-13-19(2)21(15-8-4-6-10-17-23(26(32)33)27(34)35)20(18)14-7-3-5-9-16-22(24(28)29)25(30)31/h18-23H,3-17H2,1-2H3,(H,28,29)(H,30,31)(H,32,33)(H,34,35). The highest BCUT2D eigenvalue weighted by atomic mass is 16.4. The van der Waals surface area contributed by atoms with Crippen LogP contribution >= 0.6 is 0 Å². The zero-order valence-electron chi connectivity index (χ0n) is 21.5. The fraction of sp³-hybridized carbons (Fsp3) is 0.852. The molecule has 4 N–H and O–H groups in total. The first-order valence-electron chi connectivity index (χ1n) is 13.5. The second-order valence-electron chi connectivity index (χ2n) is 10.7. The van der Waals surface area contributed by atoms with E-state index in [1.54, 1.807) is 0 Å². The van der Waals surface area contributed by atoms with Crippen molar-refractivity contribution in [1.29, 1.82) is 0 Å². The van der Waals surface area contributed by atoms with Crippen LogP contribution in [0.25, 0.3) is 0 Å². The third-order valence-corrected chi connectivity index (χ3v) is 8.08. The number of aliphatic carboxylic acids is 4. The summed E-state index contributed by atoms with van der Waals surface area (Å²) in [7, 11) is 0. The molecule has 0 bridgehead atoms. The van der Waals surface area contributed by atoms with Crippen LogP contribution in [-0.4, -0.2) is 44.3 Å². The van der Waals surface area contributed by atoms with Gasteiger partial charge in [0, 0.05) is 0 Å². The molecule has 0 amide bonds. The summed E-state index contributed by atoms with van der Waals surface area (Å²) in [4.78, 5) is 44.0. The molecule has 1 fully saturated rings. The number of hydrogen-bond acceptors (Lipinski definition) is 4. The first kappa shape index (κ1) is 30.9. The van der Waals surface area contributed by atoms with Gasteiger partial charge >= 0.3 is 23.9 Å². The highest BCUT2D eigenvalue weighted by molar-refractivity contribution is 5.93. The predicted octanol–water partition coefficient (Wildman–Crippen LogP) is 5.93. The van der Waals surface area contributed by atoms with Crippen molar-refractivity contribution in [3.05, 3.63) is 0 Å². The van der Waals surface area contributed by atoms with Gasteiger partial charge in [-0.25, -0.2) is 0 Å². The molecule has 1 rings (SSSR count). The third kappa shape index (κ3) is 11.4. The normalized spacial score (nSPS) is 22.7. The minimum Gasteiger partial charge on any atom is -0.481 e. The molecule has 0 aliphatic heterocycles. The second-order valence-corrected chi connectivity index (χ2v) is 10.7. The quantitative estimate of drug-likeness (QED) is 0.103. The monoisotopic (exact) mass is 498 g/mol. The van der Waals surface area contributed by atoms with E-state index in [1.807, 2.05) is 0 Å². The minimum atomic E-state index is -1.30. The van der Waals surface area contributed by atoms with Crippen molar-refractivity contribution in [3.63, 3.8) is 0 Å². The van der Waals surface area contributed by atoms with Crippen LogP contribution in [0.2, 0.25) is 0 Å². The Morgan fingerprint density at radius 3 is 1.20 bits per heavy atom. The third-order valence-electron chi connectivity index (χ3n) is 8.08. The van der Waals surface area contributed by atoms with Crippen molar-refractivity contribution in [2.45, 2.75) is 110 Å².